The molecule has 158 valence electrons. The summed E-state index contributed by atoms with van der Waals surface area (Å²) in [5.41, 5.74) is 1.37. The van der Waals surface area contributed by atoms with Gasteiger partial charge in [-0.3, -0.25) is 9.89 Å². The normalized spacial score (nSPS) is 18.6. The molecule has 1 fully saturated rings. The van der Waals surface area contributed by atoms with Gasteiger partial charge < -0.3 is 15.1 Å². The van der Waals surface area contributed by atoms with Gasteiger partial charge in [-0.1, -0.05) is 0 Å². The van der Waals surface area contributed by atoms with E-state index in [1.807, 2.05) is 24.5 Å². The third-order valence-electron chi connectivity index (χ3n) is 5.89. The molecule has 0 saturated carbocycles. The highest BCUT2D eigenvalue weighted by molar-refractivity contribution is 7.11. The Morgan fingerprint density at radius 2 is 2.10 bits per heavy atom. The van der Waals surface area contributed by atoms with Crippen molar-refractivity contribution in [3.8, 4) is 0 Å². The van der Waals surface area contributed by atoms with Crippen LogP contribution in [-0.4, -0.2) is 49.1 Å². The molecule has 1 saturated heterocycles. The first-order valence-electron chi connectivity index (χ1n) is 11.0. The van der Waals surface area contributed by atoms with Crippen molar-refractivity contribution in [1.29, 1.82) is 0 Å². The predicted molar refractivity (Wildman–Crippen MR) is 119 cm³/mol. The van der Waals surface area contributed by atoms with E-state index >= 15 is 0 Å². The fourth-order valence-electron chi connectivity index (χ4n) is 4.32. The van der Waals surface area contributed by atoms with E-state index < -0.39 is 0 Å². The maximum absolute atomic E-state index is 5.71. The van der Waals surface area contributed by atoms with E-state index in [0.29, 0.717) is 0 Å². The molecule has 0 aromatic carbocycles. The lowest BCUT2D eigenvalue weighted by Crippen LogP contribution is -2.42. The van der Waals surface area contributed by atoms with E-state index in [1.165, 1.54) is 54.1 Å². The molecule has 1 atom stereocenters. The molecule has 2 aliphatic rings. The summed E-state index contributed by atoms with van der Waals surface area (Å²) in [6.45, 7) is 3.97. The lowest BCUT2D eigenvalue weighted by Gasteiger charge is -2.26. The second-order valence-corrected chi connectivity index (χ2v) is 9.11. The van der Waals surface area contributed by atoms with Crippen LogP contribution >= 0.6 is 11.3 Å². The Balaban J connectivity index is 1.22. The fourth-order valence-corrected chi connectivity index (χ4v) is 5.52. The minimum absolute atomic E-state index is 0.257. The zero-order valence-electron chi connectivity index (χ0n) is 17.5. The number of nitrogens with one attached hydrogen (secondary N) is 2. The van der Waals surface area contributed by atoms with Crippen molar-refractivity contribution in [2.45, 2.75) is 57.4 Å². The van der Waals surface area contributed by atoms with Gasteiger partial charge in [0.15, 0.2) is 5.96 Å². The number of aliphatic imine (C=N–C) groups is 1. The lowest BCUT2D eigenvalue weighted by molar-refractivity contribution is 0.215. The highest BCUT2D eigenvalue weighted by Gasteiger charge is 2.25. The summed E-state index contributed by atoms with van der Waals surface area (Å²) >= 11 is 1.93. The third kappa shape index (κ3) is 5.39. The van der Waals surface area contributed by atoms with Crippen LogP contribution in [0.1, 0.15) is 59.5 Å². The second-order valence-electron chi connectivity index (χ2n) is 7.94. The zero-order valence-corrected chi connectivity index (χ0v) is 18.3. The number of hydrogen-bond acceptors (Lipinski definition) is 5. The van der Waals surface area contributed by atoms with Crippen LogP contribution in [0, 0.1) is 0 Å². The molecule has 2 N–H and O–H groups in total. The van der Waals surface area contributed by atoms with Crippen molar-refractivity contribution in [2.24, 2.45) is 4.99 Å². The van der Waals surface area contributed by atoms with E-state index in [9.17, 15) is 0 Å². The summed E-state index contributed by atoms with van der Waals surface area (Å²) in [6.07, 6.45) is 11.5. The van der Waals surface area contributed by atoms with Crippen molar-refractivity contribution in [3.05, 3.63) is 39.7 Å². The molecule has 1 aliphatic carbocycles. The number of fused-ring (bicyclic) bond motifs is 1. The van der Waals surface area contributed by atoms with Crippen molar-refractivity contribution in [1.82, 2.24) is 20.5 Å². The van der Waals surface area contributed by atoms with Gasteiger partial charge in [0.2, 0.25) is 0 Å². The van der Waals surface area contributed by atoms with Gasteiger partial charge in [-0.05, 0) is 70.2 Å². The summed E-state index contributed by atoms with van der Waals surface area (Å²) in [5, 5.41) is 8.26. The number of furan rings is 1. The van der Waals surface area contributed by atoms with E-state index in [4.69, 9.17) is 9.40 Å². The molecule has 3 heterocycles. The third-order valence-corrected chi connectivity index (χ3v) is 7.11. The van der Waals surface area contributed by atoms with E-state index in [-0.39, 0.29) is 6.04 Å². The largest absolute Gasteiger partial charge is 0.468 e. The zero-order chi connectivity index (χ0) is 19.9. The van der Waals surface area contributed by atoms with Crippen LogP contribution in [0.2, 0.25) is 0 Å². The summed E-state index contributed by atoms with van der Waals surface area (Å²) in [5.74, 6) is 1.89. The summed E-state index contributed by atoms with van der Waals surface area (Å²) in [6, 6.07) is 4.31. The second kappa shape index (κ2) is 10.3. The number of aryl methyl sites for hydroxylation is 3. The fraction of sp³-hybridized carbons (Fsp3) is 0.636. The standard InChI is InChI=1S/C22H33N5OS/c1-23-22(24-12-6-11-21-26-17-8-2-3-10-20(17)29-21)25-16-18(19-9-7-15-28-19)27-13-4-5-14-27/h7,9,15,18H,2-6,8,10-14,16H2,1H3,(H2,23,24,25). The predicted octanol–water partition coefficient (Wildman–Crippen LogP) is 3.55. The molecule has 4 rings (SSSR count). The topological polar surface area (TPSA) is 65.7 Å². The van der Waals surface area contributed by atoms with Crippen molar-refractivity contribution < 1.29 is 4.42 Å². The number of aromatic nitrogens is 1. The number of likely N-dealkylation sites (tertiary alicyclic amines) is 1. The molecule has 1 aliphatic heterocycles. The van der Waals surface area contributed by atoms with Crippen LogP contribution in [0.3, 0.4) is 0 Å². The number of guanidine groups is 1. The Morgan fingerprint density at radius 1 is 1.24 bits per heavy atom. The molecule has 2 aromatic rings. The highest BCUT2D eigenvalue weighted by atomic mass is 32.1. The maximum Gasteiger partial charge on any atom is 0.191 e. The molecular weight excluding hydrogens is 382 g/mol. The number of thiazole rings is 1. The van der Waals surface area contributed by atoms with Gasteiger partial charge in [0.05, 0.1) is 23.0 Å². The lowest BCUT2D eigenvalue weighted by atomic mass is 10.0. The molecule has 29 heavy (non-hydrogen) atoms. The number of hydrogen-bond donors (Lipinski definition) is 2. The monoisotopic (exact) mass is 415 g/mol. The van der Waals surface area contributed by atoms with Crippen LogP contribution in [0.25, 0.3) is 0 Å². The SMILES string of the molecule is CN=C(NCCCc1nc2c(s1)CCCC2)NCC(c1ccco1)N1CCCC1. The van der Waals surface area contributed by atoms with Gasteiger partial charge in [-0.15, -0.1) is 11.3 Å². The van der Waals surface area contributed by atoms with Gasteiger partial charge in [-0.2, -0.15) is 0 Å². The van der Waals surface area contributed by atoms with Crippen molar-refractivity contribution >= 4 is 17.3 Å². The average Bonchev–Trinajstić information content (AvgIpc) is 3.51. The summed E-state index contributed by atoms with van der Waals surface area (Å²) in [4.78, 5) is 13.3. The quantitative estimate of drug-likeness (QED) is 0.392. The Hall–Kier alpha value is -1.86. The summed E-state index contributed by atoms with van der Waals surface area (Å²) < 4.78 is 5.71. The molecule has 0 spiro atoms. The Bertz CT molecular complexity index is 756. The smallest absolute Gasteiger partial charge is 0.191 e. The highest BCUT2D eigenvalue weighted by Crippen LogP contribution is 2.27. The van der Waals surface area contributed by atoms with E-state index in [1.54, 1.807) is 6.26 Å². The number of rotatable bonds is 8. The van der Waals surface area contributed by atoms with Gasteiger partial charge in [0, 0.05) is 31.4 Å². The Kier molecular flexibility index (Phi) is 7.22. The molecule has 2 aromatic heterocycles. The number of nitrogens with zero attached hydrogens (tertiary/aromatic N) is 3. The Morgan fingerprint density at radius 3 is 2.86 bits per heavy atom. The van der Waals surface area contributed by atoms with Crippen LogP contribution in [-0.2, 0) is 19.3 Å². The van der Waals surface area contributed by atoms with Crippen LogP contribution in [0.4, 0.5) is 0 Å². The van der Waals surface area contributed by atoms with Crippen LogP contribution < -0.4 is 10.6 Å². The van der Waals surface area contributed by atoms with E-state index in [2.05, 4.69) is 26.6 Å². The molecule has 1 unspecified atom stereocenters. The minimum atomic E-state index is 0.257. The molecule has 0 radical (unpaired) electrons. The molecule has 7 heteroatoms. The molecular formula is C22H33N5OS. The van der Waals surface area contributed by atoms with Crippen molar-refractivity contribution in [3.63, 3.8) is 0 Å². The summed E-state index contributed by atoms with van der Waals surface area (Å²) in [7, 11) is 1.84. The van der Waals surface area contributed by atoms with Gasteiger partial charge in [0.1, 0.15) is 5.76 Å². The maximum atomic E-state index is 5.71. The Labute approximate surface area is 177 Å². The first kappa shape index (κ1) is 20.4. The van der Waals surface area contributed by atoms with Crippen LogP contribution in [0.15, 0.2) is 27.8 Å². The van der Waals surface area contributed by atoms with Gasteiger partial charge >= 0.3 is 0 Å². The van der Waals surface area contributed by atoms with Crippen LogP contribution in [0.5, 0.6) is 0 Å². The first-order valence-corrected chi connectivity index (χ1v) is 11.8. The van der Waals surface area contributed by atoms with Gasteiger partial charge in [0.25, 0.3) is 0 Å². The first-order chi connectivity index (χ1) is 14.3. The minimum Gasteiger partial charge on any atom is -0.468 e. The van der Waals surface area contributed by atoms with Crippen molar-refractivity contribution in [2.75, 3.05) is 33.2 Å². The average molecular weight is 416 g/mol. The van der Waals surface area contributed by atoms with E-state index in [0.717, 1.165) is 50.7 Å². The van der Waals surface area contributed by atoms with Gasteiger partial charge in [-0.25, -0.2) is 4.98 Å². The molecule has 0 bridgehead atoms. The molecule has 0 amide bonds. The molecule has 6 nitrogen and oxygen atoms in total.